The third-order valence-corrected chi connectivity index (χ3v) is 13.3. The second-order valence-corrected chi connectivity index (χ2v) is 17.6. The topological polar surface area (TPSA) is 151 Å². The van der Waals surface area contributed by atoms with Gasteiger partial charge in [-0.25, -0.2) is 14.6 Å². The lowest BCUT2D eigenvalue weighted by atomic mass is 9.74. The number of nitriles is 1. The molecule has 0 saturated heterocycles. The molecule has 0 aromatic heterocycles. The van der Waals surface area contributed by atoms with Crippen molar-refractivity contribution in [2.24, 2.45) is 40.5 Å². The maximum atomic E-state index is 12.4. The maximum Gasteiger partial charge on any atom is 0.508 e. The Morgan fingerprint density at radius 3 is 1.23 bits per heavy atom. The highest BCUT2D eigenvalue weighted by molar-refractivity contribution is 5.70. The molecule has 11 heteroatoms. The average molecular weight is 785 g/mol. The van der Waals surface area contributed by atoms with Gasteiger partial charge in [0.2, 0.25) is 6.08 Å². The molecule has 0 spiro atoms. The zero-order valence-corrected chi connectivity index (χ0v) is 34.3. The molecule has 4 rings (SSSR count). The Morgan fingerprint density at radius 2 is 0.839 bits per heavy atom. The molecule has 11 nitrogen and oxygen atoms in total. The fourth-order valence-electron chi connectivity index (χ4n) is 9.86. The lowest BCUT2D eigenvalue weighted by molar-refractivity contribution is -0.146. The predicted molar refractivity (Wildman–Crippen MR) is 212 cm³/mol. The molecule has 56 heavy (non-hydrogen) atoms. The molecule has 316 valence electrons. The zero-order chi connectivity index (χ0) is 39.6. The minimum Gasteiger partial charge on any atom is -0.466 e. The second-order valence-electron chi connectivity index (χ2n) is 17.6. The molecular formula is C45H72N2O9. The van der Waals surface area contributed by atoms with E-state index in [2.05, 4.69) is 4.99 Å². The second kappa shape index (κ2) is 27.5. The molecule has 4 saturated carbocycles. The molecule has 0 unspecified atom stereocenters. The number of carbonyl (C=O) groups is 3. The smallest absolute Gasteiger partial charge is 0.466 e. The maximum absolute atomic E-state index is 12.4. The first-order chi connectivity index (χ1) is 27.4. The van der Waals surface area contributed by atoms with Gasteiger partial charge in [0.15, 0.2) is 0 Å². The van der Waals surface area contributed by atoms with E-state index in [-0.39, 0.29) is 24.1 Å². The fourth-order valence-corrected chi connectivity index (χ4v) is 9.86. The Kier molecular flexibility index (Phi) is 22.4. The van der Waals surface area contributed by atoms with Crippen molar-refractivity contribution in [1.29, 1.82) is 5.26 Å². The first-order valence-electron chi connectivity index (χ1n) is 22.6. The number of nitrogens with zero attached hydrogens (tertiary/aromatic N) is 2. The van der Waals surface area contributed by atoms with Crippen LogP contribution in [0.3, 0.4) is 0 Å². The van der Waals surface area contributed by atoms with Gasteiger partial charge in [0.1, 0.15) is 6.10 Å². The third-order valence-electron chi connectivity index (χ3n) is 13.3. The summed E-state index contributed by atoms with van der Waals surface area (Å²) >= 11 is 0. The van der Waals surface area contributed by atoms with E-state index in [0.717, 1.165) is 139 Å². The van der Waals surface area contributed by atoms with Crippen LogP contribution in [0.25, 0.3) is 0 Å². The summed E-state index contributed by atoms with van der Waals surface area (Å²) in [7, 11) is 0. The van der Waals surface area contributed by atoms with Gasteiger partial charge in [0.25, 0.3) is 6.26 Å². The van der Waals surface area contributed by atoms with Gasteiger partial charge in [-0.3, -0.25) is 9.59 Å². The molecule has 4 fully saturated rings. The van der Waals surface area contributed by atoms with Crippen LogP contribution < -0.4 is 0 Å². The van der Waals surface area contributed by atoms with Crippen LogP contribution in [0.2, 0.25) is 0 Å². The van der Waals surface area contributed by atoms with E-state index < -0.39 is 6.16 Å². The van der Waals surface area contributed by atoms with Gasteiger partial charge in [-0.05, 0) is 177 Å². The van der Waals surface area contributed by atoms with E-state index in [0.29, 0.717) is 51.1 Å². The van der Waals surface area contributed by atoms with Gasteiger partial charge in [-0.15, -0.1) is 0 Å². The van der Waals surface area contributed by atoms with Crippen molar-refractivity contribution in [3.63, 3.8) is 0 Å². The lowest BCUT2D eigenvalue weighted by Crippen LogP contribution is -2.24. The largest absolute Gasteiger partial charge is 0.508 e. The number of rotatable bonds is 24. The molecule has 4 aliphatic rings. The van der Waals surface area contributed by atoms with E-state index in [4.69, 9.17) is 28.9 Å². The Labute approximate surface area is 336 Å². The van der Waals surface area contributed by atoms with Crippen LogP contribution in [0.1, 0.15) is 180 Å². The number of isocyanates is 1. The molecule has 0 aromatic rings. The number of hydrogen-bond donors (Lipinski definition) is 0. The van der Waals surface area contributed by atoms with Gasteiger partial charge >= 0.3 is 18.1 Å². The number of esters is 2. The normalized spacial score (nSPS) is 27.8. The van der Waals surface area contributed by atoms with E-state index in [1.807, 2.05) is 6.26 Å². The Morgan fingerprint density at radius 1 is 0.482 bits per heavy atom. The quantitative estimate of drug-likeness (QED) is 0.0231. The van der Waals surface area contributed by atoms with Gasteiger partial charge in [-0.1, -0.05) is 25.7 Å². The van der Waals surface area contributed by atoms with E-state index in [1.54, 1.807) is 6.08 Å². The summed E-state index contributed by atoms with van der Waals surface area (Å²) < 4.78 is 26.5. The van der Waals surface area contributed by atoms with Gasteiger partial charge in [0, 0.05) is 12.8 Å². The Bertz CT molecular complexity index is 1200. The molecule has 0 N–H and O–H groups in total. The van der Waals surface area contributed by atoms with Gasteiger partial charge in [-0.2, -0.15) is 5.26 Å². The molecule has 0 aliphatic heterocycles. The Balaban J connectivity index is 0.854. The highest BCUT2D eigenvalue weighted by Crippen LogP contribution is 2.40. The molecule has 0 amide bonds. The Hall–Kier alpha value is -3.12. The molecular weight excluding hydrogens is 712 g/mol. The van der Waals surface area contributed by atoms with Crippen molar-refractivity contribution >= 4 is 24.2 Å². The van der Waals surface area contributed by atoms with Gasteiger partial charge in [0.05, 0.1) is 32.5 Å². The fraction of sp³-hybridized carbons (Fsp3) is 0.889. The molecule has 0 radical (unpaired) electrons. The third kappa shape index (κ3) is 19.4. The van der Waals surface area contributed by atoms with Crippen molar-refractivity contribution in [1.82, 2.24) is 0 Å². The van der Waals surface area contributed by atoms with E-state index in [9.17, 15) is 19.2 Å². The number of aliphatic imine (C=N–C) groups is 1. The van der Waals surface area contributed by atoms with Crippen LogP contribution in [0.15, 0.2) is 4.99 Å². The minimum atomic E-state index is -0.626. The minimum absolute atomic E-state index is 0.0759. The summed E-state index contributed by atoms with van der Waals surface area (Å²) in [6.07, 6.45) is 31.4. The van der Waals surface area contributed by atoms with E-state index in [1.165, 1.54) is 51.4 Å². The summed E-state index contributed by atoms with van der Waals surface area (Å²) in [4.78, 5) is 51.0. The number of carbonyl (C=O) groups excluding carboxylic acids is 4. The standard InChI is InChI=1S/C45H72N2O9/c46-33-56-42-23-19-38(20-24-42)30-36-11-15-40(16-12-36)32-44(50)53-26-6-2-4-8-28-55-45(51)54-27-7-3-1-5-25-52-43(49)31-39-13-9-35(10-14-39)29-37-17-21-41(22-18-37)47-34-48/h35-42H,1-32H2. The average Bonchev–Trinajstić information content (AvgIpc) is 3.20. The lowest BCUT2D eigenvalue weighted by Gasteiger charge is -2.33. The first-order valence-corrected chi connectivity index (χ1v) is 22.6. The van der Waals surface area contributed by atoms with Crippen molar-refractivity contribution in [3.8, 4) is 6.26 Å². The van der Waals surface area contributed by atoms with Crippen LogP contribution in [0.4, 0.5) is 4.79 Å². The van der Waals surface area contributed by atoms with Crippen molar-refractivity contribution in [2.45, 2.75) is 192 Å². The van der Waals surface area contributed by atoms with Crippen LogP contribution in [-0.4, -0.2) is 62.7 Å². The van der Waals surface area contributed by atoms with E-state index >= 15 is 0 Å². The number of ether oxygens (including phenoxy) is 5. The molecule has 0 atom stereocenters. The van der Waals surface area contributed by atoms with Crippen LogP contribution in [-0.2, 0) is 38.1 Å². The number of unbranched alkanes of at least 4 members (excludes halogenated alkanes) is 6. The molecule has 0 heterocycles. The molecule has 4 aliphatic carbocycles. The van der Waals surface area contributed by atoms with Crippen LogP contribution in [0, 0.1) is 47.0 Å². The van der Waals surface area contributed by atoms with Crippen LogP contribution >= 0.6 is 0 Å². The number of hydrogen-bond acceptors (Lipinski definition) is 11. The van der Waals surface area contributed by atoms with Gasteiger partial charge < -0.3 is 23.7 Å². The van der Waals surface area contributed by atoms with Crippen molar-refractivity contribution in [2.75, 3.05) is 26.4 Å². The summed E-state index contributed by atoms with van der Waals surface area (Å²) in [5.41, 5.74) is 0. The summed E-state index contributed by atoms with van der Waals surface area (Å²) in [5.74, 6) is 3.77. The highest BCUT2D eigenvalue weighted by atomic mass is 16.7. The van der Waals surface area contributed by atoms with Crippen molar-refractivity contribution < 1.29 is 42.9 Å². The monoisotopic (exact) mass is 785 g/mol. The van der Waals surface area contributed by atoms with Crippen molar-refractivity contribution in [3.05, 3.63) is 0 Å². The first kappa shape index (κ1) is 45.6. The zero-order valence-electron chi connectivity index (χ0n) is 34.3. The summed E-state index contributed by atoms with van der Waals surface area (Å²) in [5, 5.41) is 8.72. The summed E-state index contributed by atoms with van der Waals surface area (Å²) in [6, 6.07) is 0.189. The summed E-state index contributed by atoms with van der Waals surface area (Å²) in [6.45, 7) is 1.55. The highest BCUT2D eigenvalue weighted by Gasteiger charge is 2.30. The molecule has 0 aromatic carbocycles. The predicted octanol–water partition coefficient (Wildman–Crippen LogP) is 10.5. The van der Waals surface area contributed by atoms with Crippen LogP contribution in [0.5, 0.6) is 0 Å². The SMILES string of the molecule is N#COC1CCC(CC2CCC(CC(=O)OCCCCCCOC(=O)OCCCCCCOC(=O)CC3CCC(CC4CCC(N=C=O)CC4)CC3)CC2)CC1. The molecule has 0 bridgehead atoms.